The lowest BCUT2D eigenvalue weighted by atomic mass is 10.1. The monoisotopic (exact) mass is 407 g/mol. The van der Waals surface area contributed by atoms with E-state index >= 15 is 0 Å². The SMILES string of the molecule is CCCCC/C=C\C/C=C\CCCCCCCC(=O)OC(C)CCN(CC)CC. The van der Waals surface area contributed by atoms with Crippen LogP contribution in [-0.2, 0) is 9.53 Å². The summed E-state index contributed by atoms with van der Waals surface area (Å²) in [5.41, 5.74) is 0. The Morgan fingerprint density at radius 3 is 2.03 bits per heavy atom. The highest BCUT2D eigenvalue weighted by atomic mass is 16.5. The van der Waals surface area contributed by atoms with Crippen LogP contribution in [0.15, 0.2) is 24.3 Å². The minimum absolute atomic E-state index is 0.0253. The number of hydrogen-bond acceptors (Lipinski definition) is 3. The van der Waals surface area contributed by atoms with Gasteiger partial charge in [0.1, 0.15) is 6.10 Å². The van der Waals surface area contributed by atoms with Gasteiger partial charge in [-0.05, 0) is 65.0 Å². The summed E-state index contributed by atoms with van der Waals surface area (Å²) in [6.07, 6.45) is 24.0. The highest BCUT2D eigenvalue weighted by Crippen LogP contribution is 2.10. The second-order valence-electron chi connectivity index (χ2n) is 8.10. The van der Waals surface area contributed by atoms with E-state index in [2.05, 4.69) is 50.0 Å². The fourth-order valence-electron chi connectivity index (χ4n) is 3.33. The Morgan fingerprint density at radius 2 is 1.41 bits per heavy atom. The fourth-order valence-corrected chi connectivity index (χ4v) is 3.33. The molecule has 3 heteroatoms. The van der Waals surface area contributed by atoms with Crippen molar-refractivity contribution in [2.45, 2.75) is 117 Å². The number of esters is 1. The van der Waals surface area contributed by atoms with Crippen molar-refractivity contribution >= 4 is 5.97 Å². The van der Waals surface area contributed by atoms with Gasteiger partial charge in [-0.1, -0.05) is 77.2 Å². The molecule has 0 fully saturated rings. The first kappa shape index (κ1) is 27.9. The Morgan fingerprint density at radius 1 is 0.828 bits per heavy atom. The van der Waals surface area contributed by atoms with Crippen molar-refractivity contribution in [2.24, 2.45) is 0 Å². The molecule has 0 bridgehead atoms. The quantitative estimate of drug-likeness (QED) is 0.119. The van der Waals surface area contributed by atoms with Crippen molar-refractivity contribution in [1.82, 2.24) is 4.90 Å². The standard InChI is InChI=1S/C26H49NO2/c1-5-8-9-10-11-12-13-14-15-16-17-18-19-20-21-22-26(28)29-25(4)23-24-27(6-2)7-3/h11-12,14-15,25H,5-10,13,16-24H2,1-4H3/b12-11-,15-14-. The molecule has 29 heavy (non-hydrogen) atoms. The van der Waals surface area contributed by atoms with Gasteiger partial charge < -0.3 is 9.64 Å². The molecule has 0 aromatic rings. The maximum absolute atomic E-state index is 11.9. The predicted molar refractivity (Wildman–Crippen MR) is 127 cm³/mol. The third-order valence-electron chi connectivity index (χ3n) is 5.41. The molecule has 0 radical (unpaired) electrons. The average molecular weight is 408 g/mol. The summed E-state index contributed by atoms with van der Waals surface area (Å²) in [6, 6.07) is 0. The van der Waals surface area contributed by atoms with Gasteiger partial charge in [0.2, 0.25) is 0 Å². The zero-order valence-corrected chi connectivity index (χ0v) is 20.0. The summed E-state index contributed by atoms with van der Waals surface area (Å²) in [7, 11) is 0. The van der Waals surface area contributed by atoms with Gasteiger partial charge in [0.15, 0.2) is 0 Å². The van der Waals surface area contributed by atoms with Crippen LogP contribution in [0.1, 0.15) is 111 Å². The summed E-state index contributed by atoms with van der Waals surface area (Å²) in [5, 5.41) is 0. The number of unbranched alkanes of at least 4 members (excludes halogenated alkanes) is 8. The van der Waals surface area contributed by atoms with Crippen molar-refractivity contribution in [3.05, 3.63) is 24.3 Å². The van der Waals surface area contributed by atoms with Gasteiger partial charge >= 0.3 is 5.97 Å². The number of carbonyl (C=O) groups excluding carboxylic acids is 1. The van der Waals surface area contributed by atoms with Crippen LogP contribution in [0.25, 0.3) is 0 Å². The number of carbonyl (C=O) groups is 1. The number of allylic oxidation sites excluding steroid dienone is 4. The minimum atomic E-state index is -0.0253. The largest absolute Gasteiger partial charge is 0.463 e. The molecule has 0 N–H and O–H groups in total. The molecule has 0 aromatic carbocycles. The van der Waals surface area contributed by atoms with E-state index in [4.69, 9.17) is 4.74 Å². The molecule has 0 saturated carbocycles. The van der Waals surface area contributed by atoms with E-state index < -0.39 is 0 Å². The van der Waals surface area contributed by atoms with E-state index in [1.807, 2.05) is 6.92 Å². The lowest BCUT2D eigenvalue weighted by molar-refractivity contribution is -0.148. The molecule has 1 unspecified atom stereocenters. The molecular weight excluding hydrogens is 358 g/mol. The second kappa shape index (κ2) is 21.6. The molecular formula is C26H49NO2. The second-order valence-corrected chi connectivity index (χ2v) is 8.10. The summed E-state index contributed by atoms with van der Waals surface area (Å²) < 4.78 is 5.53. The summed E-state index contributed by atoms with van der Waals surface area (Å²) in [6.45, 7) is 11.7. The van der Waals surface area contributed by atoms with Gasteiger partial charge in [0.25, 0.3) is 0 Å². The van der Waals surface area contributed by atoms with Crippen molar-refractivity contribution in [2.75, 3.05) is 19.6 Å². The van der Waals surface area contributed by atoms with Gasteiger partial charge in [-0.2, -0.15) is 0 Å². The number of nitrogens with zero attached hydrogens (tertiary/aromatic N) is 1. The zero-order valence-electron chi connectivity index (χ0n) is 20.0. The van der Waals surface area contributed by atoms with Crippen molar-refractivity contribution < 1.29 is 9.53 Å². The molecule has 0 saturated heterocycles. The number of rotatable bonds is 20. The highest BCUT2D eigenvalue weighted by molar-refractivity contribution is 5.69. The smallest absolute Gasteiger partial charge is 0.306 e. The van der Waals surface area contributed by atoms with E-state index in [-0.39, 0.29) is 12.1 Å². The van der Waals surface area contributed by atoms with Crippen LogP contribution in [0.3, 0.4) is 0 Å². The van der Waals surface area contributed by atoms with E-state index in [1.54, 1.807) is 0 Å². The summed E-state index contributed by atoms with van der Waals surface area (Å²) in [5.74, 6) is -0.0253. The van der Waals surface area contributed by atoms with Crippen LogP contribution < -0.4 is 0 Å². The molecule has 170 valence electrons. The fraction of sp³-hybridized carbons (Fsp3) is 0.808. The molecule has 0 aliphatic carbocycles. The molecule has 3 nitrogen and oxygen atoms in total. The first-order valence-electron chi connectivity index (χ1n) is 12.4. The third kappa shape index (κ3) is 20.0. The zero-order chi connectivity index (χ0) is 21.6. The van der Waals surface area contributed by atoms with Crippen LogP contribution in [0.4, 0.5) is 0 Å². The Bertz CT molecular complexity index is 413. The molecule has 0 rings (SSSR count). The van der Waals surface area contributed by atoms with E-state index in [1.165, 1.54) is 51.4 Å². The lowest BCUT2D eigenvalue weighted by Gasteiger charge is -2.20. The highest BCUT2D eigenvalue weighted by Gasteiger charge is 2.10. The van der Waals surface area contributed by atoms with Crippen molar-refractivity contribution in [3.8, 4) is 0 Å². The normalized spacial score (nSPS) is 13.0. The molecule has 1 atom stereocenters. The van der Waals surface area contributed by atoms with Gasteiger partial charge in [-0.15, -0.1) is 0 Å². The van der Waals surface area contributed by atoms with Gasteiger partial charge in [0.05, 0.1) is 0 Å². The Hall–Kier alpha value is -1.09. The van der Waals surface area contributed by atoms with Crippen molar-refractivity contribution in [1.29, 1.82) is 0 Å². The lowest BCUT2D eigenvalue weighted by Crippen LogP contribution is -2.27. The summed E-state index contributed by atoms with van der Waals surface area (Å²) in [4.78, 5) is 14.3. The van der Waals surface area contributed by atoms with Crippen LogP contribution in [0, 0.1) is 0 Å². The molecule has 0 heterocycles. The Balaban J connectivity index is 3.47. The van der Waals surface area contributed by atoms with Crippen LogP contribution in [-0.4, -0.2) is 36.6 Å². The van der Waals surface area contributed by atoms with E-state index in [0.717, 1.165) is 45.3 Å². The summed E-state index contributed by atoms with van der Waals surface area (Å²) >= 11 is 0. The topological polar surface area (TPSA) is 29.5 Å². The van der Waals surface area contributed by atoms with Gasteiger partial charge in [0, 0.05) is 13.0 Å². The van der Waals surface area contributed by atoms with Crippen LogP contribution in [0.2, 0.25) is 0 Å². The molecule has 0 aliphatic rings. The third-order valence-corrected chi connectivity index (χ3v) is 5.41. The van der Waals surface area contributed by atoms with E-state index in [0.29, 0.717) is 6.42 Å². The molecule has 0 amide bonds. The first-order chi connectivity index (χ1) is 14.1. The first-order valence-corrected chi connectivity index (χ1v) is 12.4. The Labute approximate surface area is 182 Å². The van der Waals surface area contributed by atoms with Crippen LogP contribution >= 0.6 is 0 Å². The molecule has 0 aliphatic heterocycles. The maximum Gasteiger partial charge on any atom is 0.306 e. The van der Waals surface area contributed by atoms with Crippen LogP contribution in [0.5, 0.6) is 0 Å². The van der Waals surface area contributed by atoms with Gasteiger partial charge in [-0.3, -0.25) is 4.79 Å². The van der Waals surface area contributed by atoms with Crippen molar-refractivity contribution in [3.63, 3.8) is 0 Å². The number of ether oxygens (including phenoxy) is 1. The predicted octanol–water partition coefficient (Wildman–Crippen LogP) is 7.46. The number of hydrogen-bond donors (Lipinski definition) is 0. The van der Waals surface area contributed by atoms with Gasteiger partial charge in [-0.25, -0.2) is 0 Å². The maximum atomic E-state index is 11.9. The molecule has 0 spiro atoms. The average Bonchev–Trinajstić information content (AvgIpc) is 2.71. The minimum Gasteiger partial charge on any atom is -0.463 e. The van der Waals surface area contributed by atoms with E-state index in [9.17, 15) is 4.79 Å². The Kier molecular flexibility index (Phi) is 20.8. The molecule has 0 aromatic heterocycles.